The molecule has 0 unspecified atom stereocenters. The number of rotatable bonds is 8. The van der Waals surface area contributed by atoms with Gasteiger partial charge in [-0.25, -0.2) is 4.79 Å². The minimum Gasteiger partial charge on any atom is -0.444 e. The largest absolute Gasteiger partial charge is 0.444 e. The Morgan fingerprint density at radius 3 is 2.46 bits per heavy atom. The standard InChI is InChI=1S/C17H24N2O5/c1-17(2,3)24-16(21)18-12-8-4-5-11-15(20)13-9-6-7-10-14(13)19(22)23/h6-7,9-10H,4-5,8,11-12H2,1-3H3,(H,18,21). The normalized spacial score (nSPS) is 11.0. The van der Waals surface area contributed by atoms with E-state index in [1.165, 1.54) is 18.2 Å². The Labute approximate surface area is 141 Å². The maximum Gasteiger partial charge on any atom is 0.407 e. The van der Waals surface area contributed by atoms with Crippen molar-refractivity contribution in [2.45, 2.75) is 52.1 Å². The molecule has 0 aliphatic rings. The van der Waals surface area contributed by atoms with Gasteiger partial charge in [-0.1, -0.05) is 18.6 Å². The second kappa shape index (κ2) is 9.00. The lowest BCUT2D eigenvalue weighted by atomic mass is 10.0. The SMILES string of the molecule is CC(C)(C)OC(=O)NCCCCCC(=O)c1ccccc1[N+](=O)[O-]. The number of hydrogen-bond acceptors (Lipinski definition) is 5. The monoisotopic (exact) mass is 336 g/mol. The number of carbonyl (C=O) groups excluding carboxylic acids is 2. The van der Waals surface area contributed by atoms with Crippen molar-refractivity contribution in [2.75, 3.05) is 6.54 Å². The molecule has 0 heterocycles. The number of amides is 1. The number of hydrogen-bond donors (Lipinski definition) is 1. The zero-order valence-electron chi connectivity index (χ0n) is 14.3. The van der Waals surface area contributed by atoms with Crippen LogP contribution in [0.25, 0.3) is 0 Å². The first kappa shape index (κ1) is 19.6. The molecule has 0 bridgehead atoms. The van der Waals surface area contributed by atoms with Gasteiger partial charge in [-0.2, -0.15) is 0 Å². The fourth-order valence-electron chi connectivity index (χ4n) is 2.10. The molecule has 1 aromatic rings. The van der Waals surface area contributed by atoms with Gasteiger partial charge >= 0.3 is 6.09 Å². The Bertz CT molecular complexity index is 593. The van der Waals surface area contributed by atoms with E-state index in [1.54, 1.807) is 26.8 Å². The Balaban J connectivity index is 2.28. The number of unbranched alkanes of at least 4 members (excludes halogenated alkanes) is 2. The number of para-hydroxylation sites is 1. The van der Waals surface area contributed by atoms with E-state index in [2.05, 4.69) is 5.32 Å². The van der Waals surface area contributed by atoms with Crippen molar-refractivity contribution in [1.29, 1.82) is 0 Å². The van der Waals surface area contributed by atoms with Gasteiger partial charge in [0, 0.05) is 19.0 Å². The number of nitrogens with one attached hydrogen (secondary N) is 1. The molecular weight excluding hydrogens is 312 g/mol. The Hall–Kier alpha value is -2.44. The van der Waals surface area contributed by atoms with E-state index >= 15 is 0 Å². The molecule has 0 radical (unpaired) electrons. The van der Waals surface area contributed by atoms with Crippen LogP contribution >= 0.6 is 0 Å². The molecule has 132 valence electrons. The molecule has 0 saturated carbocycles. The number of carbonyl (C=O) groups is 2. The summed E-state index contributed by atoms with van der Waals surface area (Å²) in [5, 5.41) is 13.6. The van der Waals surface area contributed by atoms with Gasteiger partial charge in [0.2, 0.25) is 0 Å². The molecular formula is C17H24N2O5. The molecule has 0 atom stereocenters. The van der Waals surface area contributed by atoms with E-state index < -0.39 is 16.6 Å². The third-order valence-corrected chi connectivity index (χ3v) is 3.15. The lowest BCUT2D eigenvalue weighted by Gasteiger charge is -2.19. The highest BCUT2D eigenvalue weighted by molar-refractivity contribution is 5.99. The van der Waals surface area contributed by atoms with Crippen LogP contribution in [0.4, 0.5) is 10.5 Å². The third-order valence-electron chi connectivity index (χ3n) is 3.15. The molecule has 1 aromatic carbocycles. The Morgan fingerprint density at radius 1 is 1.17 bits per heavy atom. The fraction of sp³-hybridized carbons (Fsp3) is 0.529. The van der Waals surface area contributed by atoms with Gasteiger partial charge in [0.1, 0.15) is 5.60 Å². The molecule has 0 spiro atoms. The summed E-state index contributed by atoms with van der Waals surface area (Å²) in [6.07, 6.45) is 1.85. The zero-order chi connectivity index (χ0) is 18.2. The smallest absolute Gasteiger partial charge is 0.407 e. The van der Waals surface area contributed by atoms with Crippen LogP contribution in [0.1, 0.15) is 56.8 Å². The first-order valence-corrected chi connectivity index (χ1v) is 7.94. The van der Waals surface area contributed by atoms with Gasteiger partial charge in [-0.05, 0) is 39.7 Å². The fourth-order valence-corrected chi connectivity index (χ4v) is 2.10. The number of nitrogens with zero attached hydrogens (tertiary/aromatic N) is 1. The van der Waals surface area contributed by atoms with Gasteiger partial charge in [0.25, 0.3) is 5.69 Å². The van der Waals surface area contributed by atoms with Gasteiger partial charge in [0.05, 0.1) is 10.5 Å². The first-order chi connectivity index (χ1) is 11.2. The van der Waals surface area contributed by atoms with Crippen LogP contribution in [0, 0.1) is 10.1 Å². The molecule has 0 aromatic heterocycles. The summed E-state index contributed by atoms with van der Waals surface area (Å²) in [5.74, 6) is -0.234. The van der Waals surface area contributed by atoms with Crippen LogP contribution in [-0.4, -0.2) is 28.9 Å². The molecule has 0 aliphatic carbocycles. The van der Waals surface area contributed by atoms with Crippen LogP contribution in [0.3, 0.4) is 0 Å². The van der Waals surface area contributed by atoms with E-state index in [-0.39, 0.29) is 23.5 Å². The second-order valence-electron chi connectivity index (χ2n) is 6.44. The van der Waals surface area contributed by atoms with Crippen LogP contribution < -0.4 is 5.32 Å². The lowest BCUT2D eigenvalue weighted by Crippen LogP contribution is -2.32. The van der Waals surface area contributed by atoms with Crippen molar-refractivity contribution in [1.82, 2.24) is 5.32 Å². The highest BCUT2D eigenvalue weighted by atomic mass is 16.6. The van der Waals surface area contributed by atoms with Crippen molar-refractivity contribution in [3.05, 3.63) is 39.9 Å². The van der Waals surface area contributed by atoms with Gasteiger partial charge < -0.3 is 10.1 Å². The van der Waals surface area contributed by atoms with E-state index in [4.69, 9.17) is 4.74 Å². The average Bonchev–Trinajstić information content (AvgIpc) is 2.48. The minimum absolute atomic E-state index is 0.148. The maximum absolute atomic E-state index is 12.1. The second-order valence-corrected chi connectivity index (χ2v) is 6.44. The summed E-state index contributed by atoms with van der Waals surface area (Å²) in [6, 6.07) is 5.96. The summed E-state index contributed by atoms with van der Waals surface area (Å²) in [4.78, 5) is 33.9. The molecule has 1 rings (SSSR count). The Morgan fingerprint density at radius 2 is 1.83 bits per heavy atom. The number of benzene rings is 1. The van der Waals surface area contributed by atoms with Crippen LogP contribution in [0.15, 0.2) is 24.3 Å². The van der Waals surface area contributed by atoms with Crippen molar-refractivity contribution < 1.29 is 19.2 Å². The summed E-state index contributed by atoms with van der Waals surface area (Å²) < 4.78 is 5.11. The lowest BCUT2D eigenvalue weighted by molar-refractivity contribution is -0.385. The van der Waals surface area contributed by atoms with Crippen LogP contribution in [0.2, 0.25) is 0 Å². The number of nitro groups is 1. The van der Waals surface area contributed by atoms with Crippen molar-refractivity contribution >= 4 is 17.6 Å². The molecule has 7 nitrogen and oxygen atoms in total. The predicted molar refractivity (Wildman–Crippen MR) is 90.1 cm³/mol. The number of ether oxygens (including phenoxy) is 1. The molecule has 1 amide bonds. The van der Waals surface area contributed by atoms with E-state index in [1.807, 2.05) is 0 Å². The number of ketones is 1. The quantitative estimate of drug-likeness (QED) is 0.336. The molecule has 0 saturated heterocycles. The zero-order valence-corrected chi connectivity index (χ0v) is 14.3. The Kier molecular flexibility index (Phi) is 7.35. The highest BCUT2D eigenvalue weighted by Crippen LogP contribution is 2.20. The van der Waals surface area contributed by atoms with Crippen LogP contribution in [-0.2, 0) is 4.74 Å². The summed E-state index contributed by atoms with van der Waals surface area (Å²) in [7, 11) is 0. The highest BCUT2D eigenvalue weighted by Gasteiger charge is 2.18. The minimum atomic E-state index is -0.544. The average molecular weight is 336 g/mol. The van der Waals surface area contributed by atoms with Gasteiger partial charge in [0.15, 0.2) is 5.78 Å². The van der Waals surface area contributed by atoms with Gasteiger partial charge in [-0.15, -0.1) is 0 Å². The summed E-state index contributed by atoms with van der Waals surface area (Å²) in [5.41, 5.74) is -0.538. The summed E-state index contributed by atoms with van der Waals surface area (Å²) >= 11 is 0. The molecule has 0 fully saturated rings. The van der Waals surface area contributed by atoms with Crippen LogP contribution in [0.5, 0.6) is 0 Å². The van der Waals surface area contributed by atoms with E-state index in [0.29, 0.717) is 19.4 Å². The number of nitro benzene ring substituents is 1. The van der Waals surface area contributed by atoms with E-state index in [9.17, 15) is 19.7 Å². The number of Topliss-reactive ketones (excluding diaryl/α,β-unsaturated/α-hetero) is 1. The molecule has 7 heteroatoms. The number of alkyl carbamates (subject to hydrolysis) is 1. The summed E-state index contributed by atoms with van der Waals surface area (Å²) in [6.45, 7) is 5.84. The first-order valence-electron chi connectivity index (χ1n) is 7.94. The van der Waals surface area contributed by atoms with Crippen molar-refractivity contribution in [3.63, 3.8) is 0 Å². The molecule has 0 aliphatic heterocycles. The molecule has 1 N–H and O–H groups in total. The molecule has 24 heavy (non-hydrogen) atoms. The maximum atomic E-state index is 12.1. The van der Waals surface area contributed by atoms with Gasteiger partial charge in [-0.3, -0.25) is 14.9 Å². The predicted octanol–water partition coefficient (Wildman–Crippen LogP) is 3.86. The third kappa shape index (κ3) is 7.21. The van der Waals surface area contributed by atoms with Crippen molar-refractivity contribution in [3.8, 4) is 0 Å². The van der Waals surface area contributed by atoms with E-state index in [0.717, 1.165) is 6.42 Å². The van der Waals surface area contributed by atoms with Crippen molar-refractivity contribution in [2.24, 2.45) is 0 Å². The topological polar surface area (TPSA) is 98.5 Å².